The summed E-state index contributed by atoms with van der Waals surface area (Å²) in [6.07, 6.45) is 1.20. The van der Waals surface area contributed by atoms with E-state index >= 15 is 0 Å². The van der Waals surface area contributed by atoms with Gasteiger partial charge in [0.1, 0.15) is 5.75 Å². The quantitative estimate of drug-likeness (QED) is 0.810. The van der Waals surface area contributed by atoms with Crippen LogP contribution in [-0.2, 0) is 0 Å². The zero-order chi connectivity index (χ0) is 12.8. The molecule has 0 aliphatic heterocycles. The van der Waals surface area contributed by atoms with Crippen LogP contribution in [0.4, 0.5) is 0 Å². The van der Waals surface area contributed by atoms with Crippen molar-refractivity contribution in [3.8, 4) is 5.75 Å². The summed E-state index contributed by atoms with van der Waals surface area (Å²) in [6.45, 7) is 8.96. The summed E-state index contributed by atoms with van der Waals surface area (Å²) >= 11 is 0. The molecule has 1 aromatic carbocycles. The van der Waals surface area contributed by atoms with E-state index in [2.05, 4.69) is 45.1 Å². The maximum Gasteiger partial charge on any atom is 0.123 e. The Labute approximate surface area is 105 Å². The first-order valence-electron chi connectivity index (χ1n) is 6.49. The van der Waals surface area contributed by atoms with Crippen molar-refractivity contribution in [3.05, 3.63) is 29.8 Å². The van der Waals surface area contributed by atoms with Crippen LogP contribution in [0.15, 0.2) is 24.3 Å². The van der Waals surface area contributed by atoms with Gasteiger partial charge in [-0.15, -0.1) is 0 Å². The molecule has 1 rings (SSSR count). The van der Waals surface area contributed by atoms with Crippen molar-refractivity contribution in [3.63, 3.8) is 0 Å². The van der Waals surface area contributed by atoms with Crippen LogP contribution >= 0.6 is 0 Å². The maximum absolute atomic E-state index is 5.39. The van der Waals surface area contributed by atoms with Crippen molar-refractivity contribution in [1.82, 2.24) is 5.32 Å². The van der Waals surface area contributed by atoms with Crippen molar-refractivity contribution in [2.75, 3.05) is 7.11 Å². The molecule has 1 aromatic rings. The van der Waals surface area contributed by atoms with Gasteiger partial charge in [-0.05, 0) is 25.8 Å². The summed E-state index contributed by atoms with van der Waals surface area (Å²) in [7, 11) is 1.73. The molecule has 2 heteroatoms. The van der Waals surface area contributed by atoms with Crippen molar-refractivity contribution in [1.29, 1.82) is 0 Å². The molecule has 3 atom stereocenters. The molecule has 0 heterocycles. The van der Waals surface area contributed by atoms with Gasteiger partial charge < -0.3 is 10.1 Å². The fraction of sp³-hybridized carbons (Fsp3) is 0.600. The Morgan fingerprint density at radius 2 is 1.82 bits per heavy atom. The standard InChI is InChI=1S/C15H25NO/c1-6-11(2)12(3)16-13(4)14-9-7-8-10-15(14)17-5/h7-13,16H,6H2,1-5H3. The molecule has 1 N–H and O–H groups in total. The fourth-order valence-electron chi connectivity index (χ4n) is 2.03. The highest BCUT2D eigenvalue weighted by Crippen LogP contribution is 2.25. The van der Waals surface area contributed by atoms with Gasteiger partial charge in [0.2, 0.25) is 0 Å². The van der Waals surface area contributed by atoms with Gasteiger partial charge in [0, 0.05) is 17.6 Å². The molecule has 0 amide bonds. The summed E-state index contributed by atoms with van der Waals surface area (Å²) in [5.41, 5.74) is 1.23. The van der Waals surface area contributed by atoms with Gasteiger partial charge in [-0.1, -0.05) is 38.5 Å². The largest absolute Gasteiger partial charge is 0.496 e. The monoisotopic (exact) mass is 235 g/mol. The molecule has 0 fully saturated rings. The minimum Gasteiger partial charge on any atom is -0.496 e. The van der Waals surface area contributed by atoms with Gasteiger partial charge in [-0.2, -0.15) is 0 Å². The average Bonchev–Trinajstić information content (AvgIpc) is 2.37. The van der Waals surface area contributed by atoms with Gasteiger partial charge >= 0.3 is 0 Å². The lowest BCUT2D eigenvalue weighted by Crippen LogP contribution is -2.34. The van der Waals surface area contributed by atoms with E-state index in [-0.39, 0.29) is 0 Å². The van der Waals surface area contributed by atoms with Crippen LogP contribution in [0, 0.1) is 5.92 Å². The second kappa shape index (κ2) is 6.65. The van der Waals surface area contributed by atoms with Gasteiger partial charge in [-0.25, -0.2) is 0 Å². The van der Waals surface area contributed by atoms with Crippen LogP contribution in [0.25, 0.3) is 0 Å². The smallest absolute Gasteiger partial charge is 0.123 e. The Morgan fingerprint density at radius 3 is 2.41 bits per heavy atom. The molecule has 2 nitrogen and oxygen atoms in total. The summed E-state index contributed by atoms with van der Waals surface area (Å²) < 4.78 is 5.39. The summed E-state index contributed by atoms with van der Waals surface area (Å²) in [6, 6.07) is 9.04. The molecule has 17 heavy (non-hydrogen) atoms. The molecule has 96 valence electrons. The molecule has 0 aliphatic rings. The lowest BCUT2D eigenvalue weighted by atomic mass is 9.98. The van der Waals surface area contributed by atoms with Crippen molar-refractivity contribution < 1.29 is 4.74 Å². The first kappa shape index (κ1) is 14.0. The topological polar surface area (TPSA) is 21.3 Å². The Balaban J connectivity index is 2.72. The van der Waals surface area contributed by atoms with E-state index in [1.54, 1.807) is 7.11 Å². The second-order valence-electron chi connectivity index (χ2n) is 4.80. The molecule has 0 aromatic heterocycles. The normalized spacial score (nSPS) is 16.3. The van der Waals surface area contributed by atoms with E-state index in [1.165, 1.54) is 12.0 Å². The molecule has 0 saturated heterocycles. The van der Waals surface area contributed by atoms with Gasteiger partial charge in [0.25, 0.3) is 0 Å². The van der Waals surface area contributed by atoms with Crippen LogP contribution in [-0.4, -0.2) is 13.2 Å². The van der Waals surface area contributed by atoms with Crippen molar-refractivity contribution in [2.45, 2.75) is 46.2 Å². The Kier molecular flexibility index (Phi) is 5.49. The molecule has 0 radical (unpaired) electrons. The lowest BCUT2D eigenvalue weighted by molar-refractivity contribution is 0.350. The van der Waals surface area contributed by atoms with Crippen molar-refractivity contribution >= 4 is 0 Å². The summed E-state index contributed by atoms with van der Waals surface area (Å²) in [4.78, 5) is 0. The molecular formula is C15H25NO. The Morgan fingerprint density at radius 1 is 1.18 bits per heavy atom. The number of ether oxygens (including phenoxy) is 1. The summed E-state index contributed by atoms with van der Waals surface area (Å²) in [5.74, 6) is 1.65. The number of para-hydroxylation sites is 1. The third-order valence-electron chi connectivity index (χ3n) is 3.62. The molecule has 0 saturated carbocycles. The highest BCUT2D eigenvalue weighted by atomic mass is 16.5. The number of rotatable bonds is 6. The van der Waals surface area contributed by atoms with Crippen LogP contribution in [0.2, 0.25) is 0 Å². The van der Waals surface area contributed by atoms with E-state index < -0.39 is 0 Å². The van der Waals surface area contributed by atoms with Crippen LogP contribution in [0.3, 0.4) is 0 Å². The third-order valence-corrected chi connectivity index (χ3v) is 3.62. The maximum atomic E-state index is 5.39. The van der Waals surface area contributed by atoms with E-state index in [4.69, 9.17) is 4.74 Å². The Hall–Kier alpha value is -1.02. The summed E-state index contributed by atoms with van der Waals surface area (Å²) in [5, 5.41) is 3.64. The van der Waals surface area contributed by atoms with Crippen LogP contribution in [0.1, 0.15) is 45.7 Å². The van der Waals surface area contributed by atoms with E-state index in [1.807, 2.05) is 12.1 Å². The number of methoxy groups -OCH3 is 1. The first-order chi connectivity index (χ1) is 8.10. The fourth-order valence-corrected chi connectivity index (χ4v) is 2.03. The zero-order valence-electron chi connectivity index (χ0n) is 11.7. The number of benzene rings is 1. The molecule has 0 aliphatic carbocycles. The zero-order valence-corrected chi connectivity index (χ0v) is 11.7. The minimum absolute atomic E-state index is 0.315. The second-order valence-corrected chi connectivity index (χ2v) is 4.80. The van der Waals surface area contributed by atoms with E-state index in [0.29, 0.717) is 18.0 Å². The van der Waals surface area contributed by atoms with Gasteiger partial charge in [0.15, 0.2) is 0 Å². The SMILES string of the molecule is CCC(C)C(C)NC(C)c1ccccc1OC. The molecule has 0 spiro atoms. The van der Waals surface area contributed by atoms with Crippen molar-refractivity contribution in [2.24, 2.45) is 5.92 Å². The number of hydrogen-bond donors (Lipinski definition) is 1. The average molecular weight is 235 g/mol. The molecular weight excluding hydrogens is 210 g/mol. The lowest BCUT2D eigenvalue weighted by Gasteiger charge is -2.25. The number of nitrogens with one attached hydrogen (secondary N) is 1. The van der Waals surface area contributed by atoms with Crippen LogP contribution in [0.5, 0.6) is 5.75 Å². The predicted molar refractivity (Wildman–Crippen MR) is 73.5 cm³/mol. The first-order valence-corrected chi connectivity index (χ1v) is 6.49. The van der Waals surface area contributed by atoms with E-state index in [0.717, 1.165) is 5.75 Å². The van der Waals surface area contributed by atoms with Crippen LogP contribution < -0.4 is 10.1 Å². The van der Waals surface area contributed by atoms with E-state index in [9.17, 15) is 0 Å². The number of hydrogen-bond acceptors (Lipinski definition) is 2. The molecule has 3 unspecified atom stereocenters. The predicted octanol–water partition coefficient (Wildman–Crippen LogP) is 3.78. The van der Waals surface area contributed by atoms with Gasteiger partial charge in [-0.3, -0.25) is 0 Å². The highest BCUT2D eigenvalue weighted by molar-refractivity contribution is 5.35. The van der Waals surface area contributed by atoms with Gasteiger partial charge in [0.05, 0.1) is 7.11 Å². The minimum atomic E-state index is 0.315. The third kappa shape index (κ3) is 3.74. The Bertz CT molecular complexity index is 337. The highest BCUT2D eigenvalue weighted by Gasteiger charge is 2.16. The molecule has 0 bridgehead atoms.